The number of fused-ring (bicyclic) bond motifs is 2. The van der Waals surface area contributed by atoms with E-state index in [0.29, 0.717) is 11.4 Å². The summed E-state index contributed by atoms with van der Waals surface area (Å²) in [7, 11) is 0. The summed E-state index contributed by atoms with van der Waals surface area (Å²) in [5.41, 5.74) is 18.9. The van der Waals surface area contributed by atoms with Gasteiger partial charge in [0.05, 0.1) is 39.4 Å². The first-order chi connectivity index (χ1) is 36.6. The molecule has 0 aliphatic carbocycles. The van der Waals surface area contributed by atoms with Gasteiger partial charge >= 0.3 is 6.98 Å². The monoisotopic (exact) mass is 1010 g/mol. The number of phenols is 1. The Hall–Kier alpha value is -8.16. The van der Waals surface area contributed by atoms with Crippen LogP contribution < -0.4 is 15.1 Å². The summed E-state index contributed by atoms with van der Waals surface area (Å²) >= 11 is 0. The molecule has 8 aromatic carbocycles. The maximum atomic E-state index is 12.7. The molecule has 10 aromatic rings. The molecular weight excluding hydrogens is 938 g/mol. The summed E-state index contributed by atoms with van der Waals surface area (Å²) in [5, 5.41) is 12.7. The molecule has 2 aromatic heterocycles. The number of nitrogens with zero attached hydrogens (tertiary/aromatic N) is 5. The lowest BCUT2D eigenvalue weighted by molar-refractivity contribution is 0.446. The van der Waals surface area contributed by atoms with Gasteiger partial charge in [0.25, 0.3) is 0 Å². The van der Waals surface area contributed by atoms with Crippen LogP contribution in [0, 0.1) is 0 Å². The molecule has 0 radical (unpaired) electrons. The van der Waals surface area contributed by atoms with Crippen molar-refractivity contribution in [1.82, 2.24) is 14.5 Å². The first-order valence-corrected chi connectivity index (χ1v) is 27.2. The van der Waals surface area contributed by atoms with Crippen molar-refractivity contribution in [2.24, 2.45) is 0 Å². The molecule has 0 atom stereocenters. The van der Waals surface area contributed by atoms with E-state index in [4.69, 9.17) is 9.97 Å². The number of benzene rings is 8. The van der Waals surface area contributed by atoms with Crippen LogP contribution in [0.3, 0.4) is 0 Å². The molecule has 0 saturated carbocycles. The van der Waals surface area contributed by atoms with E-state index in [2.05, 4.69) is 291 Å². The molecule has 7 heteroatoms. The highest BCUT2D eigenvalue weighted by atomic mass is 16.3. The van der Waals surface area contributed by atoms with Crippen molar-refractivity contribution >= 4 is 46.2 Å². The van der Waals surface area contributed by atoms with Gasteiger partial charge in [-0.15, -0.1) is 0 Å². The normalized spacial score (nSPS) is 13.2. The Balaban J connectivity index is 1.15. The average molecular weight is 1010 g/mol. The molecule has 1 N–H and O–H groups in total. The third-order valence-corrected chi connectivity index (χ3v) is 15.3. The van der Waals surface area contributed by atoms with Crippen molar-refractivity contribution in [3.8, 4) is 56.3 Å². The average Bonchev–Trinajstić information content (AvgIpc) is 4.04. The van der Waals surface area contributed by atoms with E-state index >= 15 is 0 Å². The number of aromatic hydroxyl groups is 1. The van der Waals surface area contributed by atoms with Gasteiger partial charge in [-0.25, -0.2) is 4.98 Å². The SMILES string of the molecule is CC(C)(C)c1cc(-c2cc(B3N(c4ccccc4)c4ccccc4N3c3ccccc3)ccn2)cc(-c2cccc3c2nc(-c2cc(C(C)(C)C)cc(C(C)(C)C)c2O)n3-c2ccc(C(C)(C)C)cc2-c2ccccc2)c1. The third-order valence-electron chi connectivity index (χ3n) is 15.3. The Morgan fingerprint density at radius 1 is 0.416 bits per heavy atom. The number of rotatable bonds is 8. The Labute approximate surface area is 456 Å². The molecule has 0 spiro atoms. The summed E-state index contributed by atoms with van der Waals surface area (Å²) in [6, 6.07) is 70.0. The van der Waals surface area contributed by atoms with E-state index in [1.165, 1.54) is 11.1 Å². The number of imidazole rings is 1. The van der Waals surface area contributed by atoms with Gasteiger partial charge in [0.2, 0.25) is 0 Å². The Morgan fingerprint density at radius 2 is 0.961 bits per heavy atom. The second kappa shape index (κ2) is 19.1. The zero-order chi connectivity index (χ0) is 54.2. The van der Waals surface area contributed by atoms with Crippen LogP contribution in [0.4, 0.5) is 22.7 Å². The van der Waals surface area contributed by atoms with E-state index < -0.39 is 0 Å². The molecule has 11 rings (SSSR count). The maximum absolute atomic E-state index is 12.7. The van der Waals surface area contributed by atoms with Crippen molar-refractivity contribution in [3.63, 3.8) is 0 Å². The van der Waals surface area contributed by atoms with E-state index in [1.807, 2.05) is 6.20 Å². The van der Waals surface area contributed by atoms with Crippen LogP contribution in [0.2, 0.25) is 0 Å². The fourth-order valence-electron chi connectivity index (χ4n) is 11.0. The second-order valence-corrected chi connectivity index (χ2v) is 25.0. The maximum Gasteiger partial charge on any atom is 0.420 e. The zero-order valence-corrected chi connectivity index (χ0v) is 46.8. The second-order valence-electron chi connectivity index (χ2n) is 25.0. The van der Waals surface area contributed by atoms with Gasteiger partial charge in [0, 0.05) is 39.8 Å². The van der Waals surface area contributed by atoms with Crippen LogP contribution in [-0.2, 0) is 21.7 Å². The highest BCUT2D eigenvalue weighted by Crippen LogP contribution is 2.48. The van der Waals surface area contributed by atoms with Crippen LogP contribution in [0.15, 0.2) is 200 Å². The molecule has 0 fully saturated rings. The Bertz CT molecular complexity index is 3750. The molecule has 0 unspecified atom stereocenters. The first-order valence-electron chi connectivity index (χ1n) is 27.2. The van der Waals surface area contributed by atoms with Crippen LogP contribution in [-0.4, -0.2) is 26.6 Å². The van der Waals surface area contributed by atoms with Gasteiger partial charge in [-0.3, -0.25) is 9.55 Å². The fraction of sp³-hybridized carbons (Fsp3) is 0.229. The Kier molecular flexibility index (Phi) is 12.7. The molecule has 1 aliphatic heterocycles. The smallest absolute Gasteiger partial charge is 0.420 e. The number of pyridine rings is 1. The van der Waals surface area contributed by atoms with Crippen molar-refractivity contribution in [2.45, 2.75) is 105 Å². The van der Waals surface area contributed by atoms with Gasteiger partial charge in [-0.05, 0) is 140 Å². The van der Waals surface area contributed by atoms with Gasteiger partial charge in [-0.1, -0.05) is 192 Å². The van der Waals surface area contributed by atoms with E-state index in [0.717, 1.165) is 89.6 Å². The topological polar surface area (TPSA) is 57.4 Å². The van der Waals surface area contributed by atoms with Gasteiger partial charge < -0.3 is 14.7 Å². The highest BCUT2D eigenvalue weighted by molar-refractivity contribution is 6.84. The summed E-state index contributed by atoms with van der Waals surface area (Å²) in [6.45, 7) is 26.7. The van der Waals surface area contributed by atoms with E-state index in [9.17, 15) is 5.11 Å². The van der Waals surface area contributed by atoms with Crippen LogP contribution in [0.5, 0.6) is 5.75 Å². The van der Waals surface area contributed by atoms with E-state index in [1.54, 1.807) is 0 Å². The molecular formula is C70H70BN5O. The molecule has 0 amide bonds. The van der Waals surface area contributed by atoms with Crippen molar-refractivity contribution in [2.75, 3.05) is 9.62 Å². The number of hydrogen-bond donors (Lipinski definition) is 1. The van der Waals surface area contributed by atoms with Crippen LogP contribution in [0.1, 0.15) is 105 Å². The molecule has 0 saturated heterocycles. The van der Waals surface area contributed by atoms with Gasteiger partial charge in [-0.2, -0.15) is 0 Å². The minimum absolute atomic E-state index is 0.0925. The molecule has 6 nitrogen and oxygen atoms in total. The predicted octanol–water partition coefficient (Wildman–Crippen LogP) is 17.7. The van der Waals surface area contributed by atoms with Gasteiger partial charge in [0.1, 0.15) is 11.6 Å². The summed E-state index contributed by atoms with van der Waals surface area (Å²) in [4.78, 5) is 15.9. The lowest BCUT2D eigenvalue weighted by atomic mass is 9.64. The Morgan fingerprint density at radius 3 is 1.55 bits per heavy atom. The minimum Gasteiger partial charge on any atom is -0.507 e. The number of anilines is 4. The van der Waals surface area contributed by atoms with Crippen molar-refractivity contribution < 1.29 is 5.11 Å². The molecule has 77 heavy (non-hydrogen) atoms. The lowest BCUT2D eigenvalue weighted by Gasteiger charge is -2.30. The summed E-state index contributed by atoms with van der Waals surface area (Å²) < 4.78 is 2.30. The van der Waals surface area contributed by atoms with Crippen molar-refractivity contribution in [1.29, 1.82) is 0 Å². The zero-order valence-electron chi connectivity index (χ0n) is 46.8. The third kappa shape index (κ3) is 9.51. The highest BCUT2D eigenvalue weighted by Gasteiger charge is 2.44. The number of aromatic nitrogens is 3. The molecule has 1 aliphatic rings. The fourth-order valence-corrected chi connectivity index (χ4v) is 11.0. The molecule has 0 bridgehead atoms. The lowest BCUT2D eigenvalue weighted by Crippen LogP contribution is -2.53. The number of para-hydroxylation sites is 5. The van der Waals surface area contributed by atoms with Crippen molar-refractivity contribution in [3.05, 3.63) is 223 Å². The van der Waals surface area contributed by atoms with Crippen LogP contribution in [0.25, 0.3) is 61.6 Å². The predicted molar refractivity (Wildman–Crippen MR) is 326 cm³/mol. The summed E-state index contributed by atoms with van der Waals surface area (Å²) in [6.07, 6.45) is 1.97. The quantitative estimate of drug-likeness (QED) is 0.154. The summed E-state index contributed by atoms with van der Waals surface area (Å²) in [5.74, 6) is 0.938. The first kappa shape index (κ1) is 51.0. The number of hydrogen-bond acceptors (Lipinski definition) is 5. The number of phenolic OH excluding ortho intramolecular Hbond substituents is 1. The minimum atomic E-state index is -0.345. The largest absolute Gasteiger partial charge is 0.507 e. The van der Waals surface area contributed by atoms with E-state index in [-0.39, 0.29) is 34.4 Å². The van der Waals surface area contributed by atoms with Gasteiger partial charge in [0.15, 0.2) is 0 Å². The standard InChI is InChI=1S/C70H70BN5O/c1-67(2,3)49-35-36-60(56(42-49)46-25-16-13-17-26-46)74-63-34-24-31-55(64(63)73-66(74)57-43-51(69(7,8)9)44-58(65(57)77)70(10,11)12)47-39-48(41-50(40-47)68(4,5)6)59-45-52(37-38-72-59)71-75(53-27-18-14-19-28-53)61-32-22-23-33-62(61)76(71)54-29-20-15-21-30-54/h13-45,77H,1-12H3. The molecule has 3 heterocycles. The molecule has 384 valence electrons. The van der Waals surface area contributed by atoms with Crippen LogP contribution >= 0.6 is 0 Å².